The normalized spacial score (nSPS) is 12.8. The van der Waals surface area contributed by atoms with Gasteiger partial charge >= 0.3 is 11.9 Å². The molecule has 24 heavy (non-hydrogen) atoms. The van der Waals surface area contributed by atoms with Gasteiger partial charge in [-0.15, -0.1) is 0 Å². The molecule has 0 amide bonds. The Kier molecular flexibility index (Phi) is 12.5. The minimum absolute atomic E-state index is 0.132. The summed E-state index contributed by atoms with van der Waals surface area (Å²) in [5, 5.41) is 6.50. The Bertz CT molecular complexity index is 459. The predicted molar refractivity (Wildman–Crippen MR) is 90.4 cm³/mol. The molecular weight excluding hydrogens is 336 g/mol. The van der Waals surface area contributed by atoms with Crippen molar-refractivity contribution in [3.05, 3.63) is 0 Å². The van der Waals surface area contributed by atoms with E-state index in [9.17, 15) is 18.0 Å². The van der Waals surface area contributed by atoms with Crippen LogP contribution in [0.4, 0.5) is 0 Å². The first-order valence-corrected chi connectivity index (χ1v) is 10.1. The summed E-state index contributed by atoms with van der Waals surface area (Å²) in [5.41, 5.74) is 0. The quantitative estimate of drug-likeness (QED) is 0.259. The number of carboxylic acid groups (broad SMARTS) is 1. The van der Waals surface area contributed by atoms with Gasteiger partial charge < -0.3 is 9.84 Å². The summed E-state index contributed by atoms with van der Waals surface area (Å²) in [6, 6.07) is 0. The summed E-state index contributed by atoms with van der Waals surface area (Å²) in [7, 11) is -4.81. The third-order valence-electron chi connectivity index (χ3n) is 3.75. The Morgan fingerprint density at radius 2 is 1.38 bits per heavy atom. The molecule has 8 heteroatoms. The Morgan fingerprint density at radius 1 is 0.917 bits per heavy atom. The van der Waals surface area contributed by atoms with Gasteiger partial charge in [0.15, 0.2) is 5.25 Å². The van der Waals surface area contributed by atoms with Gasteiger partial charge in [-0.05, 0) is 6.42 Å². The van der Waals surface area contributed by atoms with Crippen LogP contribution in [0.1, 0.15) is 77.6 Å². The van der Waals surface area contributed by atoms with Crippen LogP contribution in [0.15, 0.2) is 0 Å². The van der Waals surface area contributed by atoms with E-state index < -0.39 is 33.7 Å². The van der Waals surface area contributed by atoms with Gasteiger partial charge in [-0.2, -0.15) is 8.42 Å². The maximum Gasteiger partial charge on any atom is 0.325 e. The Hall–Kier alpha value is -1.15. The van der Waals surface area contributed by atoms with Gasteiger partial charge in [0.25, 0.3) is 10.1 Å². The van der Waals surface area contributed by atoms with Crippen LogP contribution in [0.2, 0.25) is 0 Å². The molecule has 0 aromatic rings. The first kappa shape index (κ1) is 22.9. The van der Waals surface area contributed by atoms with Crippen LogP contribution in [0, 0.1) is 0 Å². The lowest BCUT2D eigenvalue weighted by molar-refractivity contribution is -0.147. The van der Waals surface area contributed by atoms with Crippen LogP contribution in [-0.2, 0) is 24.4 Å². The van der Waals surface area contributed by atoms with Crippen LogP contribution in [0.5, 0.6) is 0 Å². The minimum atomic E-state index is -4.81. The molecule has 2 N–H and O–H groups in total. The molecule has 1 atom stereocenters. The molecule has 0 fully saturated rings. The van der Waals surface area contributed by atoms with Gasteiger partial charge in [-0.25, -0.2) is 0 Å². The van der Waals surface area contributed by atoms with Crippen LogP contribution in [0.25, 0.3) is 0 Å². The van der Waals surface area contributed by atoms with Crippen molar-refractivity contribution in [2.24, 2.45) is 0 Å². The topological polar surface area (TPSA) is 118 Å². The lowest BCUT2D eigenvalue weighted by atomic mass is 10.1. The molecule has 0 aliphatic rings. The fourth-order valence-corrected chi connectivity index (χ4v) is 2.91. The summed E-state index contributed by atoms with van der Waals surface area (Å²) in [5.74, 6) is -2.70. The number of carbonyl (C=O) groups excluding carboxylic acids is 1. The van der Waals surface area contributed by atoms with E-state index in [-0.39, 0.29) is 6.61 Å². The summed E-state index contributed by atoms with van der Waals surface area (Å²) >= 11 is 0. The highest BCUT2D eigenvalue weighted by Crippen LogP contribution is 2.11. The standard InChI is InChI=1S/C16H30O7S/c1-2-3-4-5-6-7-8-9-10-11-12-23-15(17)13-14(16(18)19)24(20,21)22/h14H,2-13H2,1H3,(H,18,19)(H,20,21,22)/t14-/m0/s1. The van der Waals surface area contributed by atoms with E-state index in [2.05, 4.69) is 6.92 Å². The molecule has 0 rings (SSSR count). The summed E-state index contributed by atoms with van der Waals surface area (Å²) in [6.07, 6.45) is 10.5. The van der Waals surface area contributed by atoms with Crippen molar-refractivity contribution >= 4 is 22.1 Å². The number of unbranched alkanes of at least 4 members (excludes halogenated alkanes) is 9. The lowest BCUT2D eigenvalue weighted by Crippen LogP contribution is -2.32. The molecule has 0 bridgehead atoms. The fraction of sp³-hybridized carbons (Fsp3) is 0.875. The predicted octanol–water partition coefficient (Wildman–Crippen LogP) is 3.18. The van der Waals surface area contributed by atoms with Crippen molar-refractivity contribution in [1.29, 1.82) is 0 Å². The Balaban J connectivity index is 3.64. The lowest BCUT2D eigenvalue weighted by Gasteiger charge is -2.09. The van der Waals surface area contributed by atoms with Crippen LogP contribution >= 0.6 is 0 Å². The molecule has 0 radical (unpaired) electrons. The fourth-order valence-electron chi connectivity index (χ4n) is 2.31. The average Bonchev–Trinajstić information content (AvgIpc) is 2.48. The Labute approximate surface area is 144 Å². The third-order valence-corrected chi connectivity index (χ3v) is 4.84. The van der Waals surface area contributed by atoms with E-state index >= 15 is 0 Å². The third kappa shape index (κ3) is 12.3. The molecule has 0 aliphatic heterocycles. The zero-order valence-electron chi connectivity index (χ0n) is 14.4. The molecule has 0 saturated heterocycles. The van der Waals surface area contributed by atoms with Crippen LogP contribution in [0.3, 0.4) is 0 Å². The maximum absolute atomic E-state index is 11.4. The van der Waals surface area contributed by atoms with Gasteiger partial charge in [-0.1, -0.05) is 64.7 Å². The van der Waals surface area contributed by atoms with E-state index in [1.54, 1.807) is 0 Å². The van der Waals surface area contributed by atoms with Gasteiger partial charge in [0, 0.05) is 0 Å². The second-order valence-corrected chi connectivity index (χ2v) is 7.55. The molecule has 0 aliphatic carbocycles. The molecule has 0 saturated carbocycles. The molecule has 0 unspecified atom stereocenters. The maximum atomic E-state index is 11.4. The Morgan fingerprint density at radius 3 is 1.79 bits per heavy atom. The summed E-state index contributed by atoms with van der Waals surface area (Å²) < 4.78 is 35.2. The highest BCUT2D eigenvalue weighted by Gasteiger charge is 2.33. The average molecular weight is 366 g/mol. The molecule has 0 aromatic heterocycles. The number of ether oxygens (including phenoxy) is 1. The number of carbonyl (C=O) groups is 2. The van der Waals surface area contributed by atoms with Crippen molar-refractivity contribution in [3.63, 3.8) is 0 Å². The SMILES string of the molecule is CCCCCCCCCCCCOC(=O)C[C@@H](C(=O)O)S(=O)(=O)O. The number of hydrogen-bond acceptors (Lipinski definition) is 5. The van der Waals surface area contributed by atoms with E-state index in [0.29, 0.717) is 6.42 Å². The molecule has 7 nitrogen and oxygen atoms in total. The van der Waals surface area contributed by atoms with E-state index in [0.717, 1.165) is 19.3 Å². The van der Waals surface area contributed by atoms with Crippen molar-refractivity contribution in [2.75, 3.05) is 6.61 Å². The van der Waals surface area contributed by atoms with Crippen molar-refractivity contribution < 1.29 is 32.4 Å². The first-order valence-electron chi connectivity index (χ1n) is 8.63. The number of hydrogen-bond donors (Lipinski definition) is 2. The molecule has 0 aromatic carbocycles. The summed E-state index contributed by atoms with van der Waals surface area (Å²) in [6.45, 7) is 2.32. The first-order chi connectivity index (χ1) is 11.3. The number of esters is 1. The largest absolute Gasteiger partial charge is 0.480 e. The highest BCUT2D eigenvalue weighted by atomic mass is 32.2. The van der Waals surface area contributed by atoms with E-state index in [4.69, 9.17) is 14.4 Å². The minimum Gasteiger partial charge on any atom is -0.480 e. The zero-order chi connectivity index (χ0) is 18.4. The molecule has 0 spiro atoms. The van der Waals surface area contributed by atoms with Crippen molar-refractivity contribution in [3.8, 4) is 0 Å². The van der Waals surface area contributed by atoms with Crippen molar-refractivity contribution in [1.82, 2.24) is 0 Å². The van der Waals surface area contributed by atoms with Crippen LogP contribution in [-0.4, -0.2) is 41.9 Å². The second kappa shape index (κ2) is 13.2. The van der Waals surface area contributed by atoms with Crippen LogP contribution < -0.4 is 0 Å². The van der Waals surface area contributed by atoms with Gasteiger partial charge in [0.2, 0.25) is 0 Å². The second-order valence-electron chi connectivity index (χ2n) is 5.95. The highest BCUT2D eigenvalue weighted by molar-refractivity contribution is 7.87. The van der Waals surface area contributed by atoms with Crippen molar-refractivity contribution in [2.45, 2.75) is 82.8 Å². The van der Waals surface area contributed by atoms with Gasteiger partial charge in [-0.3, -0.25) is 14.1 Å². The molecule has 142 valence electrons. The van der Waals surface area contributed by atoms with Gasteiger partial charge in [0.1, 0.15) is 0 Å². The number of rotatable bonds is 15. The zero-order valence-corrected chi connectivity index (χ0v) is 15.2. The molecular formula is C16H30O7S. The number of carboxylic acids is 1. The van der Waals surface area contributed by atoms with E-state index in [1.807, 2.05) is 0 Å². The van der Waals surface area contributed by atoms with Gasteiger partial charge in [0.05, 0.1) is 13.0 Å². The number of aliphatic carboxylic acids is 1. The monoisotopic (exact) mass is 366 g/mol. The molecule has 0 heterocycles. The summed E-state index contributed by atoms with van der Waals surface area (Å²) in [4.78, 5) is 22.1. The van der Waals surface area contributed by atoms with E-state index in [1.165, 1.54) is 38.5 Å². The smallest absolute Gasteiger partial charge is 0.325 e.